The highest BCUT2D eigenvalue weighted by molar-refractivity contribution is 7.73. The Hall–Kier alpha value is -1.51. The molecule has 1 fully saturated rings. The molecule has 0 spiro atoms. The summed E-state index contributed by atoms with van der Waals surface area (Å²) in [5.41, 5.74) is 1.07. The fourth-order valence-electron chi connectivity index (χ4n) is 2.49. The van der Waals surface area contributed by atoms with Crippen molar-refractivity contribution in [2.45, 2.75) is 6.67 Å². The zero-order valence-electron chi connectivity index (χ0n) is 12.3. The summed E-state index contributed by atoms with van der Waals surface area (Å²) in [4.78, 5) is 4.60. The molecule has 0 unspecified atom stereocenters. The number of rotatable bonds is 4. The van der Waals surface area contributed by atoms with Crippen LogP contribution in [0.2, 0.25) is 0 Å². The summed E-state index contributed by atoms with van der Waals surface area (Å²) in [5.74, 6) is -0.194. The van der Waals surface area contributed by atoms with E-state index in [0.29, 0.717) is 6.67 Å². The largest absolute Gasteiger partial charge is 0.369 e. The van der Waals surface area contributed by atoms with Gasteiger partial charge in [-0.3, -0.25) is 4.90 Å². The van der Waals surface area contributed by atoms with Gasteiger partial charge in [-0.1, -0.05) is 11.3 Å². The maximum Gasteiger partial charge on any atom is 0.204 e. The van der Waals surface area contributed by atoms with Gasteiger partial charge in [0.1, 0.15) is 5.82 Å². The Balaban J connectivity index is 1.58. The van der Waals surface area contributed by atoms with E-state index in [0.717, 1.165) is 41.0 Å². The molecule has 1 N–H and O–H groups in total. The van der Waals surface area contributed by atoms with E-state index < -0.39 is 0 Å². The Morgan fingerprint density at radius 1 is 1.23 bits per heavy atom. The standard InChI is InChI=1S/C14H18FN5S2/c1-16-13-17-20(14(21)22-13)10-18-6-8-19(9-7-18)12-4-2-11(15)3-5-12/h2-5H,6-10H2,1H3,(H,16,17). The fraction of sp³-hybridized carbons (Fsp3) is 0.429. The quantitative estimate of drug-likeness (QED) is 0.867. The van der Waals surface area contributed by atoms with Crippen LogP contribution in [0, 0.1) is 9.77 Å². The average Bonchev–Trinajstić information content (AvgIpc) is 2.89. The van der Waals surface area contributed by atoms with Crippen LogP contribution in [0.1, 0.15) is 0 Å². The van der Waals surface area contributed by atoms with E-state index in [2.05, 4.69) is 20.2 Å². The molecule has 5 nitrogen and oxygen atoms in total. The molecule has 1 aliphatic heterocycles. The molecular formula is C14H18FN5S2. The molecule has 2 heterocycles. The van der Waals surface area contributed by atoms with Gasteiger partial charge >= 0.3 is 0 Å². The minimum atomic E-state index is -0.194. The summed E-state index contributed by atoms with van der Waals surface area (Å²) in [7, 11) is 1.85. The summed E-state index contributed by atoms with van der Waals surface area (Å²) in [6, 6.07) is 6.69. The molecule has 0 bridgehead atoms. The molecule has 2 aromatic rings. The molecule has 0 amide bonds. The second kappa shape index (κ2) is 6.72. The highest BCUT2D eigenvalue weighted by Crippen LogP contribution is 2.18. The lowest BCUT2D eigenvalue weighted by Gasteiger charge is -2.35. The highest BCUT2D eigenvalue weighted by Gasteiger charge is 2.18. The Bertz CT molecular complexity index is 673. The number of hydrogen-bond donors (Lipinski definition) is 1. The lowest BCUT2D eigenvalue weighted by atomic mass is 10.2. The van der Waals surface area contributed by atoms with Crippen molar-refractivity contribution in [1.82, 2.24) is 14.7 Å². The summed E-state index contributed by atoms with van der Waals surface area (Å²) < 4.78 is 15.6. The van der Waals surface area contributed by atoms with Gasteiger partial charge in [-0.15, -0.1) is 5.10 Å². The number of nitrogens with zero attached hydrogens (tertiary/aromatic N) is 4. The third-order valence-corrected chi connectivity index (χ3v) is 5.04. The van der Waals surface area contributed by atoms with E-state index in [1.807, 2.05) is 23.9 Å². The zero-order valence-corrected chi connectivity index (χ0v) is 14.0. The number of benzene rings is 1. The Morgan fingerprint density at radius 3 is 2.50 bits per heavy atom. The van der Waals surface area contributed by atoms with Crippen LogP contribution >= 0.6 is 23.6 Å². The normalized spacial score (nSPS) is 16.0. The first kappa shape index (κ1) is 15.4. The van der Waals surface area contributed by atoms with Gasteiger partial charge in [0.25, 0.3) is 0 Å². The first-order valence-corrected chi connectivity index (χ1v) is 8.37. The van der Waals surface area contributed by atoms with Gasteiger partial charge in [0.2, 0.25) is 5.13 Å². The van der Waals surface area contributed by atoms with Crippen molar-refractivity contribution in [2.75, 3.05) is 43.4 Å². The SMILES string of the molecule is CNc1nn(CN2CCN(c3ccc(F)cc3)CC2)c(=S)s1. The van der Waals surface area contributed by atoms with Crippen LogP contribution in [0.5, 0.6) is 0 Å². The highest BCUT2D eigenvalue weighted by atomic mass is 32.1. The maximum absolute atomic E-state index is 13.0. The first-order chi connectivity index (χ1) is 10.7. The second-order valence-electron chi connectivity index (χ2n) is 5.15. The van der Waals surface area contributed by atoms with Gasteiger partial charge in [0, 0.05) is 38.9 Å². The van der Waals surface area contributed by atoms with Gasteiger partial charge < -0.3 is 10.2 Å². The number of nitrogens with one attached hydrogen (secondary N) is 1. The van der Waals surface area contributed by atoms with Gasteiger partial charge in [-0.2, -0.15) is 0 Å². The van der Waals surface area contributed by atoms with E-state index in [1.165, 1.54) is 23.5 Å². The molecule has 1 saturated heterocycles. The van der Waals surface area contributed by atoms with E-state index >= 15 is 0 Å². The van der Waals surface area contributed by atoms with Crippen molar-refractivity contribution in [3.05, 3.63) is 34.0 Å². The lowest BCUT2D eigenvalue weighted by Crippen LogP contribution is -2.46. The molecule has 1 aromatic heterocycles. The monoisotopic (exact) mass is 339 g/mol. The van der Waals surface area contributed by atoms with Crippen LogP contribution in [0.3, 0.4) is 0 Å². The first-order valence-electron chi connectivity index (χ1n) is 7.14. The Morgan fingerprint density at radius 2 is 1.91 bits per heavy atom. The fourth-order valence-corrected chi connectivity index (χ4v) is 3.43. The molecule has 0 saturated carbocycles. The number of piperazine rings is 1. The molecular weight excluding hydrogens is 321 g/mol. The van der Waals surface area contributed by atoms with Crippen molar-refractivity contribution >= 4 is 34.4 Å². The zero-order chi connectivity index (χ0) is 15.5. The second-order valence-corrected chi connectivity index (χ2v) is 6.77. The van der Waals surface area contributed by atoms with Crippen LogP contribution in [0.4, 0.5) is 15.2 Å². The van der Waals surface area contributed by atoms with Crippen molar-refractivity contribution in [1.29, 1.82) is 0 Å². The Labute approximate surface area is 138 Å². The predicted octanol–water partition coefficient (Wildman–Crippen LogP) is 2.63. The number of hydrogen-bond acceptors (Lipinski definition) is 6. The third-order valence-electron chi connectivity index (χ3n) is 3.72. The number of aromatic nitrogens is 2. The maximum atomic E-state index is 13.0. The molecule has 8 heteroatoms. The third kappa shape index (κ3) is 3.45. The molecule has 1 aromatic carbocycles. The molecule has 118 valence electrons. The van der Waals surface area contributed by atoms with E-state index in [-0.39, 0.29) is 5.82 Å². The van der Waals surface area contributed by atoms with Crippen LogP contribution in [-0.4, -0.2) is 47.9 Å². The molecule has 0 radical (unpaired) electrons. The summed E-state index contributed by atoms with van der Waals surface area (Å²) in [5, 5.41) is 8.30. The van der Waals surface area contributed by atoms with E-state index in [4.69, 9.17) is 12.2 Å². The van der Waals surface area contributed by atoms with Crippen LogP contribution in [-0.2, 0) is 6.67 Å². The Kier molecular flexibility index (Phi) is 4.70. The summed E-state index contributed by atoms with van der Waals surface area (Å²) in [6.45, 7) is 4.43. The smallest absolute Gasteiger partial charge is 0.204 e. The van der Waals surface area contributed by atoms with E-state index in [9.17, 15) is 4.39 Å². The van der Waals surface area contributed by atoms with Crippen molar-refractivity contribution in [3.63, 3.8) is 0 Å². The van der Waals surface area contributed by atoms with Crippen LogP contribution < -0.4 is 10.2 Å². The average molecular weight is 339 g/mol. The molecule has 1 aliphatic rings. The number of anilines is 2. The van der Waals surface area contributed by atoms with Gasteiger partial charge in [-0.25, -0.2) is 9.07 Å². The van der Waals surface area contributed by atoms with E-state index in [1.54, 1.807) is 0 Å². The summed E-state index contributed by atoms with van der Waals surface area (Å²) in [6.07, 6.45) is 0. The van der Waals surface area contributed by atoms with Crippen molar-refractivity contribution in [2.24, 2.45) is 0 Å². The number of halogens is 1. The minimum Gasteiger partial charge on any atom is -0.369 e. The topological polar surface area (TPSA) is 36.3 Å². The van der Waals surface area contributed by atoms with Crippen molar-refractivity contribution in [3.8, 4) is 0 Å². The van der Waals surface area contributed by atoms with Gasteiger partial charge in [0.15, 0.2) is 3.95 Å². The van der Waals surface area contributed by atoms with Gasteiger partial charge in [-0.05, 0) is 36.5 Å². The molecule has 0 aliphatic carbocycles. The van der Waals surface area contributed by atoms with Crippen LogP contribution in [0.25, 0.3) is 0 Å². The van der Waals surface area contributed by atoms with Gasteiger partial charge in [0.05, 0.1) is 6.67 Å². The molecule has 3 rings (SSSR count). The minimum absolute atomic E-state index is 0.194. The predicted molar refractivity (Wildman–Crippen MR) is 90.7 cm³/mol. The molecule has 0 atom stereocenters. The molecule has 22 heavy (non-hydrogen) atoms. The van der Waals surface area contributed by atoms with Crippen molar-refractivity contribution < 1.29 is 4.39 Å². The lowest BCUT2D eigenvalue weighted by molar-refractivity contribution is 0.195. The van der Waals surface area contributed by atoms with Crippen LogP contribution in [0.15, 0.2) is 24.3 Å². The summed E-state index contributed by atoms with van der Waals surface area (Å²) >= 11 is 6.81.